The third-order valence-electron chi connectivity index (χ3n) is 4.35. The smallest absolute Gasteiger partial charge is 0.276 e. The van der Waals surface area contributed by atoms with Crippen LogP contribution in [0.4, 0.5) is 0 Å². The van der Waals surface area contributed by atoms with Gasteiger partial charge in [-0.15, -0.1) is 0 Å². The summed E-state index contributed by atoms with van der Waals surface area (Å²) in [6.07, 6.45) is 3.49. The van der Waals surface area contributed by atoms with Crippen LogP contribution in [0.2, 0.25) is 0 Å². The van der Waals surface area contributed by atoms with Crippen LogP contribution in [0.15, 0.2) is 47.2 Å². The van der Waals surface area contributed by atoms with Crippen molar-refractivity contribution in [2.24, 2.45) is 7.05 Å². The van der Waals surface area contributed by atoms with Crippen LogP contribution < -0.4 is 0 Å². The van der Waals surface area contributed by atoms with Crippen molar-refractivity contribution in [2.75, 3.05) is 13.7 Å². The van der Waals surface area contributed by atoms with Gasteiger partial charge in [0.05, 0.1) is 24.4 Å². The molecule has 0 fully saturated rings. The Balaban J connectivity index is 1.85. The number of hydrogen-bond donors (Lipinski definition) is 0. The Bertz CT molecular complexity index is 915. The van der Waals surface area contributed by atoms with E-state index in [0.717, 1.165) is 16.7 Å². The van der Waals surface area contributed by atoms with E-state index in [1.807, 2.05) is 45.3 Å². The Morgan fingerprint density at radius 1 is 1.37 bits per heavy atom. The van der Waals surface area contributed by atoms with Crippen molar-refractivity contribution in [3.63, 3.8) is 0 Å². The molecule has 1 atom stereocenters. The molecule has 1 amide bonds. The van der Waals surface area contributed by atoms with Gasteiger partial charge in [0, 0.05) is 33.0 Å². The first kappa shape index (κ1) is 18.8. The molecular formula is C20H24N4O3. The lowest BCUT2D eigenvalue weighted by Crippen LogP contribution is -2.40. The molecule has 0 unspecified atom stereocenters. The fourth-order valence-corrected chi connectivity index (χ4v) is 2.97. The quantitative estimate of drug-likeness (QED) is 0.641. The van der Waals surface area contributed by atoms with Crippen molar-refractivity contribution in [3.05, 3.63) is 59.5 Å². The van der Waals surface area contributed by atoms with Crippen LogP contribution in [0, 0.1) is 6.92 Å². The summed E-state index contributed by atoms with van der Waals surface area (Å²) < 4.78 is 12.3. The number of ether oxygens (including phenoxy) is 1. The zero-order chi connectivity index (χ0) is 19.4. The molecule has 0 radical (unpaired) electrons. The van der Waals surface area contributed by atoms with Crippen molar-refractivity contribution in [1.82, 2.24) is 19.8 Å². The summed E-state index contributed by atoms with van der Waals surface area (Å²) in [5.74, 6) is 0.321. The summed E-state index contributed by atoms with van der Waals surface area (Å²) in [5, 5.41) is 8.10. The Morgan fingerprint density at radius 2 is 2.19 bits per heavy atom. The topological polar surface area (TPSA) is 73.4 Å². The van der Waals surface area contributed by atoms with E-state index in [0.29, 0.717) is 18.9 Å². The Kier molecular flexibility index (Phi) is 5.71. The highest BCUT2D eigenvalue weighted by Crippen LogP contribution is 2.21. The number of carbonyl (C=O) groups excluding carboxylic acids is 1. The molecule has 0 bridgehead atoms. The van der Waals surface area contributed by atoms with Crippen molar-refractivity contribution < 1.29 is 14.1 Å². The number of aryl methyl sites for hydroxylation is 2. The second-order valence-electron chi connectivity index (χ2n) is 6.71. The molecule has 2 heterocycles. The molecule has 0 spiro atoms. The molecule has 0 aliphatic rings. The molecule has 3 rings (SSSR count). The zero-order valence-corrected chi connectivity index (χ0v) is 16.0. The number of benzene rings is 1. The molecule has 0 N–H and O–H groups in total. The summed E-state index contributed by atoms with van der Waals surface area (Å²) in [5.41, 5.74) is 3.26. The minimum Gasteiger partial charge on any atom is -0.383 e. The van der Waals surface area contributed by atoms with Crippen molar-refractivity contribution in [3.8, 4) is 11.3 Å². The second kappa shape index (κ2) is 8.18. The first-order chi connectivity index (χ1) is 13.0. The number of carbonyl (C=O) groups is 1. The van der Waals surface area contributed by atoms with Gasteiger partial charge < -0.3 is 14.2 Å². The van der Waals surface area contributed by atoms with Crippen LogP contribution in [0.25, 0.3) is 11.3 Å². The summed E-state index contributed by atoms with van der Waals surface area (Å²) in [6, 6.07) is 9.65. The first-order valence-electron chi connectivity index (χ1n) is 8.79. The average molecular weight is 368 g/mol. The van der Waals surface area contributed by atoms with Gasteiger partial charge in [0.1, 0.15) is 0 Å². The zero-order valence-electron chi connectivity index (χ0n) is 16.0. The monoisotopic (exact) mass is 368 g/mol. The summed E-state index contributed by atoms with van der Waals surface area (Å²) in [6.45, 7) is 4.90. The highest BCUT2D eigenvalue weighted by Gasteiger charge is 2.25. The Morgan fingerprint density at radius 3 is 2.85 bits per heavy atom. The molecule has 142 valence electrons. The third kappa shape index (κ3) is 4.43. The number of aromatic nitrogens is 3. The van der Waals surface area contributed by atoms with Gasteiger partial charge in [-0.1, -0.05) is 35.0 Å². The fourth-order valence-electron chi connectivity index (χ4n) is 2.97. The molecule has 1 aromatic carbocycles. The van der Waals surface area contributed by atoms with Gasteiger partial charge in [-0.2, -0.15) is 5.10 Å². The molecule has 0 aliphatic heterocycles. The van der Waals surface area contributed by atoms with E-state index in [1.54, 1.807) is 29.0 Å². The predicted octanol–water partition coefficient (Wildman–Crippen LogP) is 3.06. The maximum absolute atomic E-state index is 13.1. The van der Waals surface area contributed by atoms with Gasteiger partial charge in [0.2, 0.25) is 0 Å². The highest BCUT2D eigenvalue weighted by atomic mass is 16.5. The Labute approximate surface area is 158 Å². The van der Waals surface area contributed by atoms with E-state index in [4.69, 9.17) is 9.26 Å². The third-order valence-corrected chi connectivity index (χ3v) is 4.35. The van der Waals surface area contributed by atoms with Gasteiger partial charge in [-0.25, -0.2) is 0 Å². The van der Waals surface area contributed by atoms with E-state index in [9.17, 15) is 4.79 Å². The number of methoxy groups -OCH3 is 1. The number of hydrogen-bond acceptors (Lipinski definition) is 5. The number of amides is 1. The van der Waals surface area contributed by atoms with E-state index in [1.165, 1.54) is 0 Å². The summed E-state index contributed by atoms with van der Waals surface area (Å²) in [4.78, 5) is 14.9. The molecule has 7 nitrogen and oxygen atoms in total. The first-order valence-corrected chi connectivity index (χ1v) is 8.79. The van der Waals surface area contributed by atoms with Crippen LogP contribution in [-0.4, -0.2) is 45.5 Å². The van der Waals surface area contributed by atoms with E-state index >= 15 is 0 Å². The van der Waals surface area contributed by atoms with Gasteiger partial charge >= 0.3 is 0 Å². The molecule has 7 heteroatoms. The van der Waals surface area contributed by atoms with E-state index < -0.39 is 0 Å². The number of rotatable bonds is 7. The van der Waals surface area contributed by atoms with Gasteiger partial charge in [0.25, 0.3) is 5.91 Å². The molecule has 3 aromatic rings. The molecule has 2 aromatic heterocycles. The standard InChI is InChI=1S/C20H24N4O3/c1-14-6-5-7-16(8-14)11-24(15(2)13-26-4)20(25)18-9-19(27-22-18)17-10-21-23(3)12-17/h5-10,12,15H,11,13H2,1-4H3/t15-/m1/s1. The van der Waals surface area contributed by atoms with Crippen molar-refractivity contribution >= 4 is 5.91 Å². The predicted molar refractivity (Wildman–Crippen MR) is 101 cm³/mol. The Hall–Kier alpha value is -2.93. The highest BCUT2D eigenvalue weighted by molar-refractivity contribution is 5.93. The summed E-state index contributed by atoms with van der Waals surface area (Å²) >= 11 is 0. The van der Waals surface area contributed by atoms with Crippen LogP contribution in [0.1, 0.15) is 28.5 Å². The van der Waals surface area contributed by atoms with E-state index in [2.05, 4.69) is 16.3 Å². The SMILES string of the molecule is COC[C@@H](C)N(Cc1cccc(C)c1)C(=O)c1cc(-c2cnn(C)c2)on1. The maximum atomic E-state index is 13.1. The molecular weight excluding hydrogens is 344 g/mol. The van der Waals surface area contributed by atoms with Crippen molar-refractivity contribution in [1.29, 1.82) is 0 Å². The largest absolute Gasteiger partial charge is 0.383 e. The van der Waals surface area contributed by atoms with Crippen LogP contribution in [-0.2, 0) is 18.3 Å². The lowest BCUT2D eigenvalue weighted by molar-refractivity contribution is 0.0532. The normalized spacial score (nSPS) is 12.1. The molecule has 0 aliphatic carbocycles. The lowest BCUT2D eigenvalue weighted by Gasteiger charge is -2.28. The van der Waals surface area contributed by atoms with Crippen LogP contribution >= 0.6 is 0 Å². The van der Waals surface area contributed by atoms with Crippen molar-refractivity contribution in [2.45, 2.75) is 26.4 Å². The molecule has 27 heavy (non-hydrogen) atoms. The number of nitrogens with zero attached hydrogens (tertiary/aromatic N) is 4. The maximum Gasteiger partial charge on any atom is 0.276 e. The van der Waals surface area contributed by atoms with Crippen LogP contribution in [0.5, 0.6) is 0 Å². The van der Waals surface area contributed by atoms with Crippen LogP contribution in [0.3, 0.4) is 0 Å². The fraction of sp³-hybridized carbons (Fsp3) is 0.350. The minimum absolute atomic E-state index is 0.110. The summed E-state index contributed by atoms with van der Waals surface area (Å²) in [7, 11) is 3.45. The molecule has 0 saturated carbocycles. The van der Waals surface area contributed by atoms with Gasteiger partial charge in [-0.05, 0) is 19.4 Å². The lowest BCUT2D eigenvalue weighted by atomic mass is 10.1. The molecule has 0 saturated heterocycles. The minimum atomic E-state index is -0.194. The average Bonchev–Trinajstić information content (AvgIpc) is 3.28. The van der Waals surface area contributed by atoms with E-state index in [-0.39, 0.29) is 17.6 Å². The van der Waals surface area contributed by atoms with Gasteiger partial charge in [-0.3, -0.25) is 9.48 Å². The second-order valence-corrected chi connectivity index (χ2v) is 6.71. The van der Waals surface area contributed by atoms with Gasteiger partial charge in [0.15, 0.2) is 11.5 Å².